The van der Waals surface area contributed by atoms with Gasteiger partial charge in [-0.05, 0) is 42.5 Å². The van der Waals surface area contributed by atoms with Crippen LogP contribution in [0.3, 0.4) is 0 Å². The number of amides is 2. The van der Waals surface area contributed by atoms with Crippen LogP contribution in [0.15, 0.2) is 46.0 Å². The van der Waals surface area contributed by atoms with Crippen LogP contribution in [-0.2, 0) is 19.6 Å². The summed E-state index contributed by atoms with van der Waals surface area (Å²) in [4.78, 5) is 24.3. The van der Waals surface area contributed by atoms with Gasteiger partial charge in [0.05, 0.1) is 0 Å². The molecule has 2 heterocycles. The number of carbonyl (C=O) groups is 2. The van der Waals surface area contributed by atoms with Crippen molar-refractivity contribution < 1.29 is 22.7 Å². The minimum Gasteiger partial charge on any atom is -0.368 e. The Hall–Kier alpha value is -2.23. The van der Waals surface area contributed by atoms with Gasteiger partial charge in [0.2, 0.25) is 0 Å². The molecule has 1 atom stereocenters. The van der Waals surface area contributed by atoms with Crippen molar-refractivity contribution in [3.8, 4) is 0 Å². The van der Waals surface area contributed by atoms with E-state index >= 15 is 0 Å². The third-order valence-corrected chi connectivity index (χ3v) is 6.33. The van der Waals surface area contributed by atoms with Crippen molar-refractivity contribution in [3.05, 3.63) is 47.3 Å². The maximum Gasteiger partial charge on any atom is 0.273 e. The highest BCUT2D eigenvalue weighted by Crippen LogP contribution is 2.18. The molecule has 25 heavy (non-hydrogen) atoms. The largest absolute Gasteiger partial charge is 0.368 e. The molecule has 0 spiro atoms. The molecule has 0 radical (unpaired) electrons. The van der Waals surface area contributed by atoms with Gasteiger partial charge in [-0.2, -0.15) is 0 Å². The molecule has 0 saturated carbocycles. The molecule has 7 nitrogen and oxygen atoms in total. The van der Waals surface area contributed by atoms with Crippen molar-refractivity contribution in [2.75, 3.05) is 11.9 Å². The number of nitrogens with one attached hydrogen (secondary N) is 2. The number of anilines is 1. The predicted octanol–water partition coefficient (Wildman–Crippen LogP) is 1.98. The maximum atomic E-state index is 12.2. The van der Waals surface area contributed by atoms with Crippen molar-refractivity contribution >= 4 is 38.9 Å². The van der Waals surface area contributed by atoms with E-state index in [2.05, 4.69) is 5.32 Å². The maximum absolute atomic E-state index is 12.2. The van der Waals surface area contributed by atoms with E-state index < -0.39 is 22.0 Å². The summed E-state index contributed by atoms with van der Waals surface area (Å²) in [7, 11) is -3.90. The Labute approximate surface area is 149 Å². The van der Waals surface area contributed by atoms with Crippen LogP contribution >= 0.6 is 11.3 Å². The monoisotopic (exact) mass is 380 g/mol. The Morgan fingerprint density at radius 3 is 2.72 bits per heavy atom. The van der Waals surface area contributed by atoms with Crippen molar-refractivity contribution in [2.24, 2.45) is 0 Å². The lowest BCUT2D eigenvalue weighted by atomic mass is 10.2. The number of ether oxygens (including phenoxy) is 1. The van der Waals surface area contributed by atoms with Gasteiger partial charge in [0, 0.05) is 17.9 Å². The van der Waals surface area contributed by atoms with E-state index in [0.29, 0.717) is 18.7 Å². The number of sulfonamides is 1. The molecule has 0 aliphatic carbocycles. The van der Waals surface area contributed by atoms with Crippen LogP contribution in [0, 0.1) is 0 Å². The Balaban J connectivity index is 1.70. The zero-order valence-corrected chi connectivity index (χ0v) is 14.7. The first kappa shape index (κ1) is 17.6. The van der Waals surface area contributed by atoms with E-state index in [-0.39, 0.29) is 15.7 Å². The Morgan fingerprint density at radius 1 is 1.20 bits per heavy atom. The molecule has 3 rings (SSSR count). The molecular formula is C16H16N2O5S2. The van der Waals surface area contributed by atoms with Gasteiger partial charge in [-0.15, -0.1) is 11.3 Å². The first-order valence-corrected chi connectivity index (χ1v) is 9.95. The van der Waals surface area contributed by atoms with Crippen LogP contribution in [0.4, 0.5) is 5.69 Å². The molecule has 2 amide bonds. The van der Waals surface area contributed by atoms with Gasteiger partial charge in [-0.25, -0.2) is 13.1 Å². The van der Waals surface area contributed by atoms with Crippen molar-refractivity contribution in [2.45, 2.75) is 23.2 Å². The SMILES string of the molecule is O=C(NS(=O)(=O)c1cccs1)c1cccc(NC(=O)C2CCCO2)c1. The second-order valence-corrected chi connectivity index (χ2v) is 8.30. The Morgan fingerprint density at radius 2 is 2.04 bits per heavy atom. The van der Waals surface area contributed by atoms with Crippen molar-refractivity contribution in [1.82, 2.24) is 4.72 Å². The third kappa shape index (κ3) is 4.25. The summed E-state index contributed by atoms with van der Waals surface area (Å²) < 4.78 is 31.6. The van der Waals surface area contributed by atoms with Gasteiger partial charge in [0.25, 0.3) is 21.8 Å². The highest BCUT2D eigenvalue weighted by molar-refractivity contribution is 7.92. The molecule has 1 fully saturated rings. The van der Waals surface area contributed by atoms with E-state index in [1.54, 1.807) is 23.6 Å². The van der Waals surface area contributed by atoms with Crippen LogP contribution in [0.25, 0.3) is 0 Å². The summed E-state index contributed by atoms with van der Waals surface area (Å²) in [5.74, 6) is -1.04. The average molecular weight is 380 g/mol. The number of hydrogen-bond donors (Lipinski definition) is 2. The van der Waals surface area contributed by atoms with Crippen LogP contribution in [0.5, 0.6) is 0 Å². The number of carbonyl (C=O) groups excluding carboxylic acids is 2. The van der Waals surface area contributed by atoms with Crippen LogP contribution < -0.4 is 10.0 Å². The average Bonchev–Trinajstić information content (AvgIpc) is 3.28. The predicted molar refractivity (Wildman–Crippen MR) is 93.0 cm³/mol. The first-order chi connectivity index (χ1) is 12.0. The molecule has 1 aromatic carbocycles. The van der Waals surface area contributed by atoms with Gasteiger partial charge >= 0.3 is 0 Å². The van der Waals surface area contributed by atoms with Gasteiger partial charge in [0.15, 0.2) is 0 Å². The molecule has 1 aliphatic heterocycles. The fourth-order valence-corrected chi connectivity index (χ4v) is 4.36. The number of benzene rings is 1. The van der Waals surface area contributed by atoms with Gasteiger partial charge in [-0.3, -0.25) is 9.59 Å². The number of thiophene rings is 1. The Kier molecular flexibility index (Phi) is 5.16. The molecule has 9 heteroatoms. The summed E-state index contributed by atoms with van der Waals surface area (Å²) in [5, 5.41) is 4.29. The molecule has 132 valence electrons. The fourth-order valence-electron chi connectivity index (χ4n) is 2.39. The quantitative estimate of drug-likeness (QED) is 0.826. The van der Waals surface area contributed by atoms with Gasteiger partial charge < -0.3 is 10.1 Å². The Bertz CT molecular complexity index is 872. The van der Waals surface area contributed by atoms with Crippen molar-refractivity contribution in [1.29, 1.82) is 0 Å². The fraction of sp³-hybridized carbons (Fsp3) is 0.250. The van der Waals surface area contributed by atoms with Crippen LogP contribution in [0.1, 0.15) is 23.2 Å². The first-order valence-electron chi connectivity index (χ1n) is 7.59. The summed E-state index contributed by atoms with van der Waals surface area (Å²) in [6, 6.07) is 9.09. The smallest absolute Gasteiger partial charge is 0.273 e. The second-order valence-electron chi connectivity index (χ2n) is 5.44. The topological polar surface area (TPSA) is 102 Å². The molecule has 2 N–H and O–H groups in total. The third-order valence-electron chi connectivity index (χ3n) is 3.60. The van der Waals surface area contributed by atoms with Crippen LogP contribution in [0.2, 0.25) is 0 Å². The van der Waals surface area contributed by atoms with E-state index in [4.69, 9.17) is 4.74 Å². The lowest BCUT2D eigenvalue weighted by Crippen LogP contribution is -2.30. The van der Waals surface area contributed by atoms with Crippen molar-refractivity contribution in [3.63, 3.8) is 0 Å². The normalized spacial score (nSPS) is 17.2. The minimum atomic E-state index is -3.90. The van der Waals surface area contributed by atoms with Crippen LogP contribution in [-0.4, -0.2) is 32.9 Å². The highest BCUT2D eigenvalue weighted by atomic mass is 32.2. The van der Waals surface area contributed by atoms with E-state index in [0.717, 1.165) is 17.8 Å². The van der Waals surface area contributed by atoms with E-state index in [9.17, 15) is 18.0 Å². The highest BCUT2D eigenvalue weighted by Gasteiger charge is 2.24. The second kappa shape index (κ2) is 7.34. The number of hydrogen-bond acceptors (Lipinski definition) is 6. The van der Waals surface area contributed by atoms with Gasteiger partial charge in [0.1, 0.15) is 10.3 Å². The van der Waals surface area contributed by atoms with E-state index in [1.165, 1.54) is 18.2 Å². The summed E-state index contributed by atoms with van der Waals surface area (Å²) in [6.45, 7) is 0.557. The molecule has 1 aromatic heterocycles. The summed E-state index contributed by atoms with van der Waals surface area (Å²) in [5.41, 5.74) is 0.534. The molecular weight excluding hydrogens is 364 g/mol. The molecule has 1 saturated heterocycles. The lowest BCUT2D eigenvalue weighted by molar-refractivity contribution is -0.124. The van der Waals surface area contributed by atoms with Gasteiger partial charge in [-0.1, -0.05) is 12.1 Å². The summed E-state index contributed by atoms with van der Waals surface area (Å²) >= 11 is 1.02. The molecule has 2 aromatic rings. The zero-order chi connectivity index (χ0) is 17.9. The molecule has 0 bridgehead atoms. The standard InChI is InChI=1S/C16H16N2O5S2/c19-15(18-25(21,22)14-7-3-9-24-14)11-4-1-5-12(10-11)17-16(20)13-6-2-8-23-13/h1,3-5,7,9-10,13H,2,6,8H2,(H,17,20)(H,18,19). The number of rotatable bonds is 5. The summed E-state index contributed by atoms with van der Waals surface area (Å²) in [6.07, 6.45) is 1.00. The van der Waals surface area contributed by atoms with E-state index in [1.807, 2.05) is 4.72 Å². The minimum absolute atomic E-state index is 0.0590. The zero-order valence-electron chi connectivity index (χ0n) is 13.1. The lowest BCUT2D eigenvalue weighted by Gasteiger charge is -2.11. The molecule has 1 unspecified atom stereocenters. The molecule has 1 aliphatic rings.